The van der Waals surface area contributed by atoms with E-state index in [-0.39, 0.29) is 0 Å². The Morgan fingerprint density at radius 2 is 2.18 bits per heavy atom. The fourth-order valence-electron chi connectivity index (χ4n) is 2.51. The molecule has 0 aliphatic heterocycles. The summed E-state index contributed by atoms with van der Waals surface area (Å²) in [7, 11) is 0. The Balaban J connectivity index is 1.95. The third kappa shape index (κ3) is 3.42. The monoisotopic (exact) mass is 251 g/mol. The smallest absolute Gasteiger partial charge is 0.0753 e. The maximum atomic E-state index is 4.36. The summed E-state index contributed by atoms with van der Waals surface area (Å²) in [5.74, 6) is 0. The van der Waals surface area contributed by atoms with E-state index in [0.29, 0.717) is 12.1 Å². The maximum Gasteiger partial charge on any atom is 0.0753 e. The molecular weight excluding hydrogens is 230 g/mol. The van der Waals surface area contributed by atoms with Gasteiger partial charge < -0.3 is 5.32 Å². The molecule has 1 aromatic heterocycles. The summed E-state index contributed by atoms with van der Waals surface area (Å²) in [4.78, 5) is 8.49. The van der Waals surface area contributed by atoms with Crippen molar-refractivity contribution in [3.63, 3.8) is 0 Å². The second-order valence-electron chi connectivity index (χ2n) is 4.68. The summed E-state index contributed by atoms with van der Waals surface area (Å²) in [6.07, 6.45) is 12.9. The highest BCUT2D eigenvalue weighted by atomic mass is 32.2. The largest absolute Gasteiger partial charge is 0.305 e. The van der Waals surface area contributed by atoms with E-state index in [9.17, 15) is 0 Å². The lowest BCUT2D eigenvalue weighted by Gasteiger charge is -2.33. The minimum absolute atomic E-state index is 0.293. The molecule has 17 heavy (non-hydrogen) atoms. The Bertz CT molecular complexity index is 331. The lowest BCUT2D eigenvalue weighted by molar-refractivity contribution is 0.353. The number of nitrogens with zero attached hydrogens (tertiary/aromatic N) is 2. The standard InChI is InChI=1S/C13H21N3S/c1-10(12-9-14-7-8-15-12)16-11-5-3-4-6-13(11)17-2/h7-11,13,16H,3-6H2,1-2H3. The van der Waals surface area contributed by atoms with Gasteiger partial charge in [0.15, 0.2) is 0 Å². The molecular formula is C13H21N3S. The average molecular weight is 251 g/mol. The van der Waals surface area contributed by atoms with Crippen molar-refractivity contribution >= 4 is 11.8 Å². The molecule has 0 aromatic carbocycles. The zero-order chi connectivity index (χ0) is 12.1. The summed E-state index contributed by atoms with van der Waals surface area (Å²) >= 11 is 1.99. The molecule has 2 rings (SSSR count). The van der Waals surface area contributed by atoms with Crippen molar-refractivity contribution in [1.29, 1.82) is 0 Å². The highest BCUT2D eigenvalue weighted by molar-refractivity contribution is 7.99. The van der Waals surface area contributed by atoms with E-state index in [2.05, 4.69) is 28.5 Å². The first-order valence-corrected chi connectivity index (χ1v) is 7.65. The number of hydrogen-bond acceptors (Lipinski definition) is 4. The van der Waals surface area contributed by atoms with E-state index in [0.717, 1.165) is 10.9 Å². The van der Waals surface area contributed by atoms with Gasteiger partial charge in [-0.2, -0.15) is 11.8 Å². The van der Waals surface area contributed by atoms with Gasteiger partial charge in [-0.15, -0.1) is 0 Å². The molecule has 1 aliphatic rings. The van der Waals surface area contributed by atoms with Crippen molar-refractivity contribution in [2.45, 2.75) is 49.9 Å². The highest BCUT2D eigenvalue weighted by Gasteiger charge is 2.25. The fraction of sp³-hybridized carbons (Fsp3) is 0.692. The second kappa shape index (κ2) is 6.36. The number of nitrogens with one attached hydrogen (secondary N) is 1. The van der Waals surface area contributed by atoms with Gasteiger partial charge in [-0.3, -0.25) is 9.97 Å². The molecule has 1 N–H and O–H groups in total. The van der Waals surface area contributed by atoms with Gasteiger partial charge in [0.05, 0.1) is 5.69 Å². The molecule has 1 heterocycles. The normalized spacial score (nSPS) is 26.7. The molecule has 0 amide bonds. The molecule has 1 aromatic rings. The first-order chi connectivity index (χ1) is 8.31. The molecule has 4 heteroatoms. The van der Waals surface area contributed by atoms with Crippen LogP contribution >= 0.6 is 11.8 Å². The van der Waals surface area contributed by atoms with E-state index >= 15 is 0 Å². The zero-order valence-electron chi connectivity index (χ0n) is 10.6. The first kappa shape index (κ1) is 12.8. The zero-order valence-corrected chi connectivity index (χ0v) is 11.4. The van der Waals surface area contributed by atoms with Crippen LogP contribution in [0, 0.1) is 0 Å². The molecule has 0 radical (unpaired) electrons. The van der Waals surface area contributed by atoms with Gasteiger partial charge in [-0.05, 0) is 26.0 Å². The highest BCUT2D eigenvalue weighted by Crippen LogP contribution is 2.28. The summed E-state index contributed by atoms with van der Waals surface area (Å²) < 4.78 is 0. The van der Waals surface area contributed by atoms with Gasteiger partial charge in [0.25, 0.3) is 0 Å². The number of hydrogen-bond donors (Lipinski definition) is 1. The maximum absolute atomic E-state index is 4.36. The Labute approximate surface area is 108 Å². The van der Waals surface area contributed by atoms with Crippen LogP contribution < -0.4 is 5.32 Å². The van der Waals surface area contributed by atoms with E-state index in [1.54, 1.807) is 12.4 Å². The number of rotatable bonds is 4. The van der Waals surface area contributed by atoms with E-state index < -0.39 is 0 Å². The van der Waals surface area contributed by atoms with Gasteiger partial charge in [0, 0.05) is 35.9 Å². The van der Waals surface area contributed by atoms with Crippen LogP contribution in [0.2, 0.25) is 0 Å². The minimum Gasteiger partial charge on any atom is -0.305 e. The van der Waals surface area contributed by atoms with E-state index in [1.807, 2.05) is 18.0 Å². The lowest BCUT2D eigenvalue weighted by Crippen LogP contribution is -2.41. The van der Waals surface area contributed by atoms with Crippen molar-refractivity contribution in [2.24, 2.45) is 0 Å². The van der Waals surface area contributed by atoms with Gasteiger partial charge in [-0.25, -0.2) is 0 Å². The van der Waals surface area contributed by atoms with Crippen LogP contribution in [0.5, 0.6) is 0 Å². The fourth-order valence-corrected chi connectivity index (χ4v) is 3.46. The van der Waals surface area contributed by atoms with Crippen molar-refractivity contribution in [3.05, 3.63) is 24.3 Å². The summed E-state index contributed by atoms with van der Waals surface area (Å²) in [6, 6.07) is 0.914. The molecule has 1 saturated carbocycles. The van der Waals surface area contributed by atoms with Crippen LogP contribution in [0.4, 0.5) is 0 Å². The Kier molecular flexibility index (Phi) is 4.80. The molecule has 3 unspecified atom stereocenters. The van der Waals surface area contributed by atoms with Crippen molar-refractivity contribution in [2.75, 3.05) is 6.26 Å². The molecule has 3 atom stereocenters. The van der Waals surface area contributed by atoms with Gasteiger partial charge >= 0.3 is 0 Å². The van der Waals surface area contributed by atoms with Crippen LogP contribution in [0.25, 0.3) is 0 Å². The Morgan fingerprint density at radius 3 is 2.88 bits per heavy atom. The van der Waals surface area contributed by atoms with Crippen molar-refractivity contribution in [3.8, 4) is 0 Å². The molecule has 3 nitrogen and oxygen atoms in total. The van der Waals surface area contributed by atoms with Gasteiger partial charge in [0.1, 0.15) is 0 Å². The SMILES string of the molecule is CSC1CCCCC1NC(C)c1cnccn1. The average Bonchev–Trinajstić information content (AvgIpc) is 2.40. The van der Waals surface area contributed by atoms with Crippen LogP contribution in [0.3, 0.4) is 0 Å². The first-order valence-electron chi connectivity index (χ1n) is 6.36. The van der Waals surface area contributed by atoms with Crippen LogP contribution in [0.1, 0.15) is 44.3 Å². The second-order valence-corrected chi connectivity index (χ2v) is 5.76. The minimum atomic E-state index is 0.293. The quantitative estimate of drug-likeness (QED) is 0.893. The van der Waals surface area contributed by atoms with Crippen molar-refractivity contribution in [1.82, 2.24) is 15.3 Å². The molecule has 0 bridgehead atoms. The third-order valence-electron chi connectivity index (χ3n) is 3.50. The molecule has 1 aliphatic carbocycles. The van der Waals surface area contributed by atoms with Crippen LogP contribution in [0.15, 0.2) is 18.6 Å². The topological polar surface area (TPSA) is 37.8 Å². The molecule has 0 saturated heterocycles. The molecule has 94 valence electrons. The summed E-state index contributed by atoms with van der Waals surface area (Å²) in [5, 5.41) is 4.47. The third-order valence-corrected chi connectivity index (χ3v) is 4.67. The molecule has 1 fully saturated rings. The predicted octanol–water partition coefficient (Wildman–Crippen LogP) is 2.80. The van der Waals surface area contributed by atoms with Crippen LogP contribution in [-0.4, -0.2) is 27.5 Å². The summed E-state index contributed by atoms with van der Waals surface area (Å²) in [5.41, 5.74) is 1.04. The Morgan fingerprint density at radius 1 is 1.35 bits per heavy atom. The van der Waals surface area contributed by atoms with Gasteiger partial charge in [0.2, 0.25) is 0 Å². The van der Waals surface area contributed by atoms with E-state index in [1.165, 1.54) is 25.7 Å². The number of aromatic nitrogens is 2. The van der Waals surface area contributed by atoms with E-state index in [4.69, 9.17) is 0 Å². The van der Waals surface area contributed by atoms with Gasteiger partial charge in [-0.1, -0.05) is 12.8 Å². The Hall–Kier alpha value is -0.610. The number of thioether (sulfide) groups is 1. The predicted molar refractivity (Wildman–Crippen MR) is 73.1 cm³/mol. The summed E-state index contributed by atoms with van der Waals surface area (Å²) in [6.45, 7) is 2.18. The molecule has 0 spiro atoms. The lowest BCUT2D eigenvalue weighted by atomic mass is 9.94. The van der Waals surface area contributed by atoms with Crippen molar-refractivity contribution < 1.29 is 0 Å². The van der Waals surface area contributed by atoms with Crippen LogP contribution in [-0.2, 0) is 0 Å².